The first kappa shape index (κ1) is 11.5. The van der Waals surface area contributed by atoms with E-state index in [0.717, 1.165) is 18.8 Å². The molecule has 0 radical (unpaired) electrons. The fraction of sp³-hybridized carbons (Fsp3) is 0.200. The average Bonchev–Trinajstić information content (AvgIpc) is 2.84. The van der Waals surface area contributed by atoms with Crippen molar-refractivity contribution in [1.82, 2.24) is 0 Å². The van der Waals surface area contributed by atoms with Crippen molar-refractivity contribution in [2.75, 3.05) is 16.9 Å². The Hall–Kier alpha value is -1.61. The van der Waals surface area contributed by atoms with Crippen LogP contribution in [0.1, 0.15) is 11.1 Å². The van der Waals surface area contributed by atoms with Crippen molar-refractivity contribution in [3.63, 3.8) is 0 Å². The highest BCUT2D eigenvalue weighted by atomic mass is 32.2. The Kier molecular flexibility index (Phi) is 2.92. The van der Waals surface area contributed by atoms with Crippen molar-refractivity contribution < 1.29 is 0 Å². The summed E-state index contributed by atoms with van der Waals surface area (Å²) >= 11 is 1.79. The first-order valence-corrected chi connectivity index (χ1v) is 7.26. The third kappa shape index (κ3) is 1.85. The van der Waals surface area contributed by atoms with Gasteiger partial charge in [-0.3, -0.25) is 0 Å². The molecule has 0 bridgehead atoms. The number of nitrogen functional groups attached to an aromatic ring is 1. The van der Waals surface area contributed by atoms with Gasteiger partial charge in [0.2, 0.25) is 0 Å². The number of rotatable bonds is 2. The number of para-hydroxylation sites is 1. The van der Waals surface area contributed by atoms with Crippen LogP contribution in [0.3, 0.4) is 0 Å². The maximum absolute atomic E-state index is 6.05. The Balaban J connectivity index is 1.96. The monoisotopic (exact) mass is 256 g/mol. The minimum absolute atomic E-state index is 0.914. The van der Waals surface area contributed by atoms with Crippen LogP contribution < -0.4 is 10.6 Å². The normalized spacial score (nSPS) is 13.7. The summed E-state index contributed by atoms with van der Waals surface area (Å²) in [5, 5.41) is 0. The summed E-state index contributed by atoms with van der Waals surface area (Å²) in [6, 6.07) is 14.8. The van der Waals surface area contributed by atoms with Crippen LogP contribution in [0.4, 0.5) is 11.4 Å². The van der Waals surface area contributed by atoms with E-state index in [2.05, 4.69) is 41.5 Å². The Labute approximate surface area is 112 Å². The van der Waals surface area contributed by atoms with E-state index in [-0.39, 0.29) is 0 Å². The van der Waals surface area contributed by atoms with Crippen LogP contribution in [0.5, 0.6) is 0 Å². The highest BCUT2D eigenvalue weighted by Gasteiger charge is 2.22. The van der Waals surface area contributed by atoms with E-state index in [1.165, 1.54) is 21.7 Å². The van der Waals surface area contributed by atoms with Gasteiger partial charge in [0.15, 0.2) is 0 Å². The molecule has 0 saturated heterocycles. The molecular formula is C15H16N2S. The number of anilines is 2. The number of benzene rings is 2. The third-order valence-electron chi connectivity index (χ3n) is 3.45. The van der Waals surface area contributed by atoms with Gasteiger partial charge in [-0.1, -0.05) is 24.3 Å². The Morgan fingerprint density at radius 1 is 1.06 bits per heavy atom. The summed E-state index contributed by atoms with van der Waals surface area (Å²) in [7, 11) is 0. The lowest BCUT2D eigenvalue weighted by molar-refractivity contribution is 0.868. The lowest BCUT2D eigenvalue weighted by Crippen LogP contribution is -2.15. The Morgan fingerprint density at radius 3 is 2.67 bits per heavy atom. The topological polar surface area (TPSA) is 29.3 Å². The molecule has 2 aromatic rings. The van der Waals surface area contributed by atoms with Gasteiger partial charge in [0.1, 0.15) is 0 Å². The van der Waals surface area contributed by atoms with Crippen LogP contribution in [0.2, 0.25) is 0 Å². The Morgan fingerprint density at radius 2 is 1.89 bits per heavy atom. The van der Waals surface area contributed by atoms with Crippen molar-refractivity contribution in [2.45, 2.75) is 18.0 Å². The maximum Gasteiger partial charge on any atom is 0.0510 e. The van der Waals surface area contributed by atoms with E-state index < -0.39 is 0 Å². The minimum atomic E-state index is 0.914. The summed E-state index contributed by atoms with van der Waals surface area (Å²) < 4.78 is 0. The molecule has 0 atom stereocenters. The number of fused-ring (bicyclic) bond motifs is 1. The van der Waals surface area contributed by atoms with Crippen molar-refractivity contribution in [3.05, 3.63) is 53.6 Å². The predicted octanol–water partition coefficient (Wildman–Crippen LogP) is 3.51. The molecule has 1 heterocycles. The van der Waals surface area contributed by atoms with Crippen molar-refractivity contribution in [1.29, 1.82) is 0 Å². The highest BCUT2D eigenvalue weighted by Crippen LogP contribution is 2.36. The summed E-state index contributed by atoms with van der Waals surface area (Å²) in [5.41, 5.74) is 10.9. The Bertz CT molecular complexity index is 580. The molecule has 92 valence electrons. The van der Waals surface area contributed by atoms with Crippen LogP contribution in [0.15, 0.2) is 47.4 Å². The van der Waals surface area contributed by atoms with Gasteiger partial charge in [-0.15, -0.1) is 11.8 Å². The van der Waals surface area contributed by atoms with E-state index in [9.17, 15) is 0 Å². The average molecular weight is 256 g/mol. The molecule has 0 aliphatic carbocycles. The predicted molar refractivity (Wildman–Crippen MR) is 79.0 cm³/mol. The van der Waals surface area contributed by atoms with E-state index in [1.54, 1.807) is 11.8 Å². The molecule has 2 N–H and O–H groups in total. The molecule has 0 aromatic heterocycles. The minimum Gasteiger partial charge on any atom is -0.398 e. The van der Waals surface area contributed by atoms with Gasteiger partial charge < -0.3 is 10.6 Å². The second-order valence-corrected chi connectivity index (χ2v) is 5.36. The highest BCUT2D eigenvalue weighted by molar-refractivity contribution is 7.98. The summed E-state index contributed by atoms with van der Waals surface area (Å²) in [4.78, 5) is 3.72. The van der Waals surface area contributed by atoms with E-state index in [4.69, 9.17) is 5.73 Å². The molecule has 0 saturated carbocycles. The quantitative estimate of drug-likeness (QED) is 0.658. The lowest BCUT2D eigenvalue weighted by atomic mass is 10.1. The molecule has 18 heavy (non-hydrogen) atoms. The molecule has 2 nitrogen and oxygen atoms in total. The maximum atomic E-state index is 6.05. The van der Waals surface area contributed by atoms with Crippen molar-refractivity contribution in [2.24, 2.45) is 0 Å². The standard InChI is InChI=1S/C15H16N2S/c1-18-15-8-3-2-7-14(15)17-9-11-5-4-6-13(16)12(11)10-17/h2-8H,9-10,16H2,1H3. The van der Waals surface area contributed by atoms with Gasteiger partial charge in [-0.05, 0) is 35.6 Å². The first-order valence-electron chi connectivity index (χ1n) is 6.04. The van der Waals surface area contributed by atoms with Crippen LogP contribution in [0.25, 0.3) is 0 Å². The zero-order valence-electron chi connectivity index (χ0n) is 10.4. The lowest BCUT2D eigenvalue weighted by Gasteiger charge is -2.20. The van der Waals surface area contributed by atoms with E-state index in [0.29, 0.717) is 0 Å². The number of thioether (sulfide) groups is 1. The fourth-order valence-electron chi connectivity index (χ4n) is 2.51. The number of nitrogens with zero attached hydrogens (tertiary/aromatic N) is 1. The SMILES string of the molecule is CSc1ccccc1N1Cc2cccc(N)c2C1. The van der Waals surface area contributed by atoms with Gasteiger partial charge in [-0.2, -0.15) is 0 Å². The smallest absolute Gasteiger partial charge is 0.0510 e. The van der Waals surface area contributed by atoms with Crippen LogP contribution in [0, 0.1) is 0 Å². The zero-order chi connectivity index (χ0) is 12.5. The molecule has 3 rings (SSSR count). The molecule has 0 unspecified atom stereocenters. The first-order chi connectivity index (χ1) is 8.79. The second-order valence-electron chi connectivity index (χ2n) is 4.51. The molecule has 3 heteroatoms. The largest absolute Gasteiger partial charge is 0.398 e. The van der Waals surface area contributed by atoms with Gasteiger partial charge in [0.25, 0.3) is 0 Å². The molecule has 0 amide bonds. The molecule has 0 spiro atoms. The summed E-state index contributed by atoms with van der Waals surface area (Å²) in [6.45, 7) is 1.87. The zero-order valence-corrected chi connectivity index (χ0v) is 11.2. The van der Waals surface area contributed by atoms with Gasteiger partial charge >= 0.3 is 0 Å². The van der Waals surface area contributed by atoms with E-state index in [1.807, 2.05) is 12.1 Å². The number of hydrogen-bond acceptors (Lipinski definition) is 3. The van der Waals surface area contributed by atoms with Gasteiger partial charge in [-0.25, -0.2) is 0 Å². The van der Waals surface area contributed by atoms with Gasteiger partial charge in [0.05, 0.1) is 5.69 Å². The van der Waals surface area contributed by atoms with Crippen LogP contribution in [-0.4, -0.2) is 6.26 Å². The van der Waals surface area contributed by atoms with Crippen LogP contribution in [-0.2, 0) is 13.1 Å². The molecule has 1 aliphatic heterocycles. The number of nitrogens with two attached hydrogens (primary N) is 1. The molecule has 2 aromatic carbocycles. The van der Waals surface area contributed by atoms with E-state index >= 15 is 0 Å². The van der Waals surface area contributed by atoms with Crippen molar-refractivity contribution in [3.8, 4) is 0 Å². The van der Waals surface area contributed by atoms with Gasteiger partial charge in [0, 0.05) is 23.7 Å². The molecular weight excluding hydrogens is 240 g/mol. The van der Waals surface area contributed by atoms with Crippen molar-refractivity contribution >= 4 is 23.1 Å². The summed E-state index contributed by atoms with van der Waals surface area (Å²) in [5.74, 6) is 0. The molecule has 0 fully saturated rings. The third-order valence-corrected chi connectivity index (χ3v) is 4.23. The second kappa shape index (κ2) is 4.58. The summed E-state index contributed by atoms with van der Waals surface area (Å²) in [6.07, 6.45) is 2.12. The number of hydrogen-bond donors (Lipinski definition) is 1. The fourth-order valence-corrected chi connectivity index (χ4v) is 3.13. The van der Waals surface area contributed by atoms with Crippen LogP contribution >= 0.6 is 11.8 Å². The molecule has 1 aliphatic rings.